The molecule has 0 radical (unpaired) electrons. The van der Waals surface area contributed by atoms with Crippen molar-refractivity contribution in [2.45, 2.75) is 19.9 Å². The molecule has 0 aromatic carbocycles. The van der Waals surface area contributed by atoms with Crippen LogP contribution in [-0.4, -0.2) is 26.3 Å². The largest absolute Gasteiger partial charge is 0.311 e. The molecule has 5 nitrogen and oxygen atoms in total. The third-order valence-corrected chi connectivity index (χ3v) is 2.39. The van der Waals surface area contributed by atoms with Gasteiger partial charge in [0.05, 0.1) is 5.69 Å². The van der Waals surface area contributed by atoms with E-state index in [1.807, 2.05) is 25.4 Å². The number of aryl methyl sites for hydroxylation is 1. The summed E-state index contributed by atoms with van der Waals surface area (Å²) < 4.78 is 1.75. The van der Waals surface area contributed by atoms with Crippen LogP contribution in [0.4, 0.5) is 0 Å². The molecule has 0 fully saturated rings. The standard InChI is InChI=1S/C12H17N5/c1-3-6-13-9-10-4-7-14-12(15-10)11-5-8-17(2)16-11/h4-5,7-8,13H,3,6,9H2,1-2H3. The summed E-state index contributed by atoms with van der Waals surface area (Å²) in [5.74, 6) is 0.682. The van der Waals surface area contributed by atoms with E-state index in [4.69, 9.17) is 0 Å². The van der Waals surface area contributed by atoms with Gasteiger partial charge in [-0.1, -0.05) is 6.92 Å². The third kappa shape index (κ3) is 3.10. The summed E-state index contributed by atoms with van der Waals surface area (Å²) in [4.78, 5) is 8.72. The topological polar surface area (TPSA) is 55.6 Å². The Labute approximate surface area is 101 Å². The molecule has 5 heteroatoms. The van der Waals surface area contributed by atoms with E-state index in [2.05, 4.69) is 27.3 Å². The fraction of sp³-hybridized carbons (Fsp3) is 0.417. The maximum absolute atomic E-state index is 4.48. The zero-order valence-electron chi connectivity index (χ0n) is 10.2. The van der Waals surface area contributed by atoms with Crippen LogP contribution < -0.4 is 5.32 Å². The Morgan fingerprint density at radius 3 is 2.94 bits per heavy atom. The molecule has 2 rings (SSSR count). The minimum absolute atomic E-state index is 0.682. The summed E-state index contributed by atoms with van der Waals surface area (Å²) in [6.45, 7) is 3.92. The van der Waals surface area contributed by atoms with Crippen molar-refractivity contribution in [3.8, 4) is 11.5 Å². The number of aromatic nitrogens is 4. The Morgan fingerprint density at radius 2 is 2.24 bits per heavy atom. The Kier molecular flexibility index (Phi) is 3.82. The van der Waals surface area contributed by atoms with E-state index >= 15 is 0 Å². The maximum atomic E-state index is 4.48. The lowest BCUT2D eigenvalue weighted by Gasteiger charge is -2.03. The van der Waals surface area contributed by atoms with E-state index in [9.17, 15) is 0 Å². The Morgan fingerprint density at radius 1 is 1.35 bits per heavy atom. The van der Waals surface area contributed by atoms with E-state index in [-0.39, 0.29) is 0 Å². The van der Waals surface area contributed by atoms with Crippen LogP contribution in [0.25, 0.3) is 11.5 Å². The van der Waals surface area contributed by atoms with Gasteiger partial charge in [-0.2, -0.15) is 5.10 Å². The summed E-state index contributed by atoms with van der Waals surface area (Å²) in [7, 11) is 1.89. The van der Waals surface area contributed by atoms with Crippen molar-refractivity contribution in [1.29, 1.82) is 0 Å². The van der Waals surface area contributed by atoms with E-state index in [0.29, 0.717) is 5.82 Å². The molecule has 0 aliphatic heterocycles. The smallest absolute Gasteiger partial charge is 0.180 e. The molecule has 2 heterocycles. The van der Waals surface area contributed by atoms with E-state index in [1.54, 1.807) is 10.9 Å². The van der Waals surface area contributed by atoms with Crippen LogP contribution in [0.1, 0.15) is 19.0 Å². The van der Waals surface area contributed by atoms with Crippen molar-refractivity contribution in [3.05, 3.63) is 30.2 Å². The zero-order chi connectivity index (χ0) is 12.1. The number of rotatable bonds is 5. The van der Waals surface area contributed by atoms with Crippen molar-refractivity contribution in [3.63, 3.8) is 0 Å². The van der Waals surface area contributed by atoms with Crippen molar-refractivity contribution in [2.75, 3.05) is 6.54 Å². The van der Waals surface area contributed by atoms with Crippen molar-refractivity contribution >= 4 is 0 Å². The van der Waals surface area contributed by atoms with Gasteiger partial charge in [0.1, 0.15) is 5.69 Å². The summed E-state index contributed by atoms with van der Waals surface area (Å²) in [6, 6.07) is 3.84. The van der Waals surface area contributed by atoms with Gasteiger partial charge in [-0.05, 0) is 25.1 Å². The summed E-state index contributed by atoms with van der Waals surface area (Å²) >= 11 is 0. The van der Waals surface area contributed by atoms with Crippen LogP contribution in [0, 0.1) is 0 Å². The highest BCUT2D eigenvalue weighted by Gasteiger charge is 2.05. The monoisotopic (exact) mass is 231 g/mol. The number of nitrogens with zero attached hydrogens (tertiary/aromatic N) is 4. The van der Waals surface area contributed by atoms with Gasteiger partial charge >= 0.3 is 0 Å². The van der Waals surface area contributed by atoms with Gasteiger partial charge in [-0.25, -0.2) is 9.97 Å². The van der Waals surface area contributed by atoms with Gasteiger partial charge in [-0.15, -0.1) is 0 Å². The Balaban J connectivity index is 2.11. The average molecular weight is 231 g/mol. The first-order chi connectivity index (χ1) is 8.29. The van der Waals surface area contributed by atoms with E-state index in [1.165, 1.54) is 0 Å². The highest BCUT2D eigenvalue weighted by molar-refractivity contribution is 5.47. The Bertz CT molecular complexity index is 477. The molecule has 0 aliphatic carbocycles. The van der Waals surface area contributed by atoms with Crippen molar-refractivity contribution in [2.24, 2.45) is 7.05 Å². The molecule has 0 bridgehead atoms. The maximum Gasteiger partial charge on any atom is 0.180 e. The predicted octanol–water partition coefficient (Wildman–Crippen LogP) is 1.38. The summed E-state index contributed by atoms with van der Waals surface area (Å²) in [5, 5.41) is 7.61. The van der Waals surface area contributed by atoms with Gasteiger partial charge in [0.15, 0.2) is 5.82 Å². The fourth-order valence-electron chi connectivity index (χ4n) is 1.55. The van der Waals surface area contributed by atoms with Crippen LogP contribution in [0.5, 0.6) is 0 Å². The lowest BCUT2D eigenvalue weighted by Crippen LogP contribution is -2.15. The fourth-order valence-corrected chi connectivity index (χ4v) is 1.55. The molecule has 0 unspecified atom stereocenters. The summed E-state index contributed by atoms with van der Waals surface area (Å²) in [6.07, 6.45) is 4.79. The second-order valence-corrected chi connectivity index (χ2v) is 3.92. The second-order valence-electron chi connectivity index (χ2n) is 3.92. The molecule has 0 atom stereocenters. The first-order valence-electron chi connectivity index (χ1n) is 5.82. The minimum Gasteiger partial charge on any atom is -0.311 e. The molecule has 1 N–H and O–H groups in total. The van der Waals surface area contributed by atoms with Crippen LogP contribution >= 0.6 is 0 Å². The molecular formula is C12H17N5. The van der Waals surface area contributed by atoms with Crippen LogP contribution in [0.2, 0.25) is 0 Å². The summed E-state index contributed by atoms with van der Waals surface area (Å²) in [5.41, 5.74) is 1.80. The number of hydrogen-bond donors (Lipinski definition) is 1. The average Bonchev–Trinajstić information content (AvgIpc) is 2.77. The predicted molar refractivity (Wildman–Crippen MR) is 66.2 cm³/mol. The van der Waals surface area contributed by atoms with Crippen molar-refractivity contribution in [1.82, 2.24) is 25.1 Å². The molecule has 90 valence electrons. The van der Waals surface area contributed by atoms with Gasteiger partial charge in [0, 0.05) is 26.0 Å². The highest BCUT2D eigenvalue weighted by atomic mass is 15.3. The molecule has 2 aromatic heterocycles. The first kappa shape index (κ1) is 11.7. The molecule has 0 spiro atoms. The van der Waals surface area contributed by atoms with Gasteiger partial charge in [0.2, 0.25) is 0 Å². The van der Waals surface area contributed by atoms with Gasteiger partial charge in [-0.3, -0.25) is 4.68 Å². The molecule has 0 saturated carbocycles. The van der Waals surface area contributed by atoms with E-state index in [0.717, 1.165) is 30.9 Å². The zero-order valence-corrected chi connectivity index (χ0v) is 10.2. The highest BCUT2D eigenvalue weighted by Crippen LogP contribution is 2.10. The molecule has 0 saturated heterocycles. The van der Waals surface area contributed by atoms with Crippen LogP contribution in [0.15, 0.2) is 24.5 Å². The molecule has 0 amide bonds. The van der Waals surface area contributed by atoms with Crippen LogP contribution in [0.3, 0.4) is 0 Å². The molecule has 2 aromatic rings. The lowest BCUT2D eigenvalue weighted by molar-refractivity contribution is 0.663. The molecule has 17 heavy (non-hydrogen) atoms. The second kappa shape index (κ2) is 5.54. The van der Waals surface area contributed by atoms with Gasteiger partial charge in [0.25, 0.3) is 0 Å². The third-order valence-electron chi connectivity index (χ3n) is 2.39. The number of hydrogen-bond acceptors (Lipinski definition) is 4. The van der Waals surface area contributed by atoms with Crippen LogP contribution in [-0.2, 0) is 13.6 Å². The van der Waals surface area contributed by atoms with Crippen molar-refractivity contribution < 1.29 is 0 Å². The van der Waals surface area contributed by atoms with E-state index < -0.39 is 0 Å². The Hall–Kier alpha value is -1.75. The first-order valence-corrected chi connectivity index (χ1v) is 5.82. The quantitative estimate of drug-likeness (QED) is 0.790. The SMILES string of the molecule is CCCNCc1ccnc(-c2ccn(C)n2)n1. The number of nitrogens with one attached hydrogen (secondary N) is 1. The van der Waals surface area contributed by atoms with Gasteiger partial charge < -0.3 is 5.32 Å². The molecular weight excluding hydrogens is 214 g/mol. The lowest BCUT2D eigenvalue weighted by atomic mass is 10.3. The normalized spacial score (nSPS) is 10.7. The minimum atomic E-state index is 0.682. The molecule has 0 aliphatic rings.